The van der Waals surface area contributed by atoms with Crippen molar-refractivity contribution in [1.82, 2.24) is 18.8 Å². The van der Waals surface area contributed by atoms with Gasteiger partial charge in [0.1, 0.15) is 5.52 Å². The molecule has 0 spiro atoms. The summed E-state index contributed by atoms with van der Waals surface area (Å²) in [6.07, 6.45) is 2.19. The molecule has 122 valence electrons. The molecule has 0 unspecified atom stereocenters. The maximum atomic E-state index is 11.9. The molecule has 0 aliphatic carbocycles. The van der Waals surface area contributed by atoms with Gasteiger partial charge in [0.25, 0.3) is 0 Å². The van der Waals surface area contributed by atoms with Gasteiger partial charge in [0.2, 0.25) is 10.0 Å². The van der Waals surface area contributed by atoms with Crippen LogP contribution in [0.3, 0.4) is 0 Å². The summed E-state index contributed by atoms with van der Waals surface area (Å²) in [5, 5.41) is 0.963. The maximum absolute atomic E-state index is 11.9. The molecule has 0 aliphatic rings. The molecule has 0 fully saturated rings. The number of nitrogens with zero attached hydrogens (tertiary/aromatic N) is 4. The molecule has 0 bridgehead atoms. The average Bonchev–Trinajstić information content (AvgIpc) is 2.92. The van der Waals surface area contributed by atoms with Gasteiger partial charge in [-0.15, -0.1) is 0 Å². The Kier molecular flexibility index (Phi) is 3.95. The lowest BCUT2D eigenvalue weighted by molar-refractivity contribution is 0.515. The summed E-state index contributed by atoms with van der Waals surface area (Å²) in [4.78, 5) is 8.69. The van der Waals surface area contributed by atoms with Crippen LogP contribution in [-0.2, 0) is 16.6 Å². The number of benzene rings is 1. The topological polar surface area (TPSA) is 94.1 Å². The van der Waals surface area contributed by atoms with Crippen molar-refractivity contribution in [3.63, 3.8) is 0 Å². The second-order valence-corrected chi connectivity index (χ2v) is 7.90. The molecule has 2 heterocycles. The predicted octanol–water partition coefficient (Wildman–Crippen LogP) is 1.45. The normalized spacial score (nSPS) is 12.5. The SMILES string of the molecule is CN(C)S(=O)(=O)CCCn1cnc2c(N)nc3ccccc3c21. The van der Waals surface area contributed by atoms with E-state index in [4.69, 9.17) is 5.73 Å². The number of sulfonamides is 1. The highest BCUT2D eigenvalue weighted by Crippen LogP contribution is 2.27. The standard InChI is InChI=1S/C15H19N5O2S/c1-19(2)23(21,22)9-5-8-20-10-17-13-14(20)11-6-3-4-7-12(11)18-15(13)16/h3-4,6-7,10H,5,8-9H2,1-2H3,(H2,16,18). The van der Waals surface area contributed by atoms with Crippen molar-refractivity contribution in [2.45, 2.75) is 13.0 Å². The Bertz CT molecular complexity index is 963. The highest BCUT2D eigenvalue weighted by atomic mass is 32.2. The molecule has 2 N–H and O–H groups in total. The number of hydrogen-bond acceptors (Lipinski definition) is 5. The van der Waals surface area contributed by atoms with Crippen molar-refractivity contribution in [3.05, 3.63) is 30.6 Å². The van der Waals surface area contributed by atoms with Crippen molar-refractivity contribution >= 4 is 37.8 Å². The monoisotopic (exact) mass is 333 g/mol. The zero-order valence-electron chi connectivity index (χ0n) is 13.1. The zero-order chi connectivity index (χ0) is 16.6. The number of nitrogens with two attached hydrogens (primary N) is 1. The van der Waals surface area contributed by atoms with Gasteiger partial charge in [-0.3, -0.25) is 0 Å². The van der Waals surface area contributed by atoms with E-state index in [2.05, 4.69) is 9.97 Å². The van der Waals surface area contributed by atoms with E-state index >= 15 is 0 Å². The number of aromatic nitrogens is 3. The molecule has 3 aromatic rings. The van der Waals surface area contributed by atoms with E-state index < -0.39 is 10.0 Å². The smallest absolute Gasteiger partial charge is 0.213 e. The molecule has 0 aliphatic heterocycles. The van der Waals surface area contributed by atoms with Crippen LogP contribution in [0.5, 0.6) is 0 Å². The first kappa shape index (κ1) is 15.7. The van der Waals surface area contributed by atoms with Gasteiger partial charge in [-0.1, -0.05) is 18.2 Å². The molecule has 8 heteroatoms. The number of rotatable bonds is 5. The van der Waals surface area contributed by atoms with Crippen molar-refractivity contribution in [3.8, 4) is 0 Å². The summed E-state index contributed by atoms with van der Waals surface area (Å²) >= 11 is 0. The second-order valence-electron chi connectivity index (χ2n) is 5.60. The molecule has 0 amide bonds. The summed E-state index contributed by atoms with van der Waals surface area (Å²) in [5.41, 5.74) is 8.34. The van der Waals surface area contributed by atoms with Crippen LogP contribution in [0.4, 0.5) is 5.82 Å². The van der Waals surface area contributed by atoms with Crippen LogP contribution in [0, 0.1) is 0 Å². The van der Waals surface area contributed by atoms with Crippen LogP contribution in [0.25, 0.3) is 21.9 Å². The Labute approximate surface area is 134 Å². The highest BCUT2D eigenvalue weighted by Gasteiger charge is 2.15. The van der Waals surface area contributed by atoms with Gasteiger partial charge < -0.3 is 10.3 Å². The minimum atomic E-state index is -3.19. The van der Waals surface area contributed by atoms with E-state index in [9.17, 15) is 8.42 Å². The molecule has 0 radical (unpaired) electrons. The number of pyridine rings is 1. The summed E-state index contributed by atoms with van der Waals surface area (Å²) in [6.45, 7) is 0.553. The van der Waals surface area contributed by atoms with E-state index in [1.807, 2.05) is 28.8 Å². The summed E-state index contributed by atoms with van der Waals surface area (Å²) in [7, 11) is -0.106. The van der Waals surface area contributed by atoms with E-state index in [1.165, 1.54) is 4.31 Å². The molecule has 7 nitrogen and oxygen atoms in total. The lowest BCUT2D eigenvalue weighted by atomic mass is 10.2. The number of nitrogen functional groups attached to an aromatic ring is 1. The Morgan fingerprint density at radius 1 is 1.26 bits per heavy atom. The first-order valence-corrected chi connectivity index (χ1v) is 8.90. The van der Waals surface area contributed by atoms with Crippen molar-refractivity contribution in [2.75, 3.05) is 25.6 Å². The summed E-state index contributed by atoms with van der Waals surface area (Å²) in [5.74, 6) is 0.483. The fourth-order valence-corrected chi connectivity index (χ4v) is 3.43. The minimum absolute atomic E-state index is 0.0954. The van der Waals surface area contributed by atoms with E-state index in [-0.39, 0.29) is 5.75 Å². The summed E-state index contributed by atoms with van der Waals surface area (Å²) < 4.78 is 26.9. The average molecular weight is 333 g/mol. The van der Waals surface area contributed by atoms with Gasteiger partial charge in [0, 0.05) is 26.0 Å². The lowest BCUT2D eigenvalue weighted by Gasteiger charge is -2.12. The molecule has 23 heavy (non-hydrogen) atoms. The van der Waals surface area contributed by atoms with Gasteiger partial charge in [-0.25, -0.2) is 22.7 Å². The fourth-order valence-electron chi connectivity index (χ4n) is 2.58. The molecule has 0 saturated heterocycles. The number of anilines is 1. The molecule has 3 rings (SSSR count). The zero-order valence-corrected chi connectivity index (χ0v) is 13.9. The molecule has 2 aromatic heterocycles. The Hall–Kier alpha value is -2.19. The number of hydrogen-bond donors (Lipinski definition) is 1. The second kappa shape index (κ2) is 5.78. The highest BCUT2D eigenvalue weighted by molar-refractivity contribution is 7.89. The molecular weight excluding hydrogens is 314 g/mol. The van der Waals surface area contributed by atoms with Crippen LogP contribution in [0.15, 0.2) is 30.6 Å². The van der Waals surface area contributed by atoms with E-state index in [0.29, 0.717) is 24.3 Å². The third-order valence-corrected chi connectivity index (χ3v) is 5.76. The largest absolute Gasteiger partial charge is 0.382 e. The first-order valence-electron chi connectivity index (χ1n) is 7.29. The van der Waals surface area contributed by atoms with E-state index in [1.54, 1.807) is 20.4 Å². The van der Waals surface area contributed by atoms with Crippen molar-refractivity contribution < 1.29 is 8.42 Å². The minimum Gasteiger partial charge on any atom is -0.382 e. The van der Waals surface area contributed by atoms with E-state index in [0.717, 1.165) is 16.4 Å². The van der Waals surface area contributed by atoms with Crippen LogP contribution in [0.2, 0.25) is 0 Å². The van der Waals surface area contributed by atoms with Crippen molar-refractivity contribution in [2.24, 2.45) is 0 Å². The van der Waals surface area contributed by atoms with Crippen LogP contribution >= 0.6 is 0 Å². The predicted molar refractivity (Wildman–Crippen MR) is 91.5 cm³/mol. The Morgan fingerprint density at radius 2 is 2.00 bits per heavy atom. The molecule has 1 aromatic carbocycles. The first-order chi connectivity index (χ1) is 10.9. The van der Waals surface area contributed by atoms with Gasteiger partial charge in [-0.05, 0) is 12.5 Å². The maximum Gasteiger partial charge on any atom is 0.213 e. The third kappa shape index (κ3) is 2.87. The molecule has 0 saturated carbocycles. The Morgan fingerprint density at radius 3 is 2.74 bits per heavy atom. The summed E-state index contributed by atoms with van der Waals surface area (Å²) in [6, 6.07) is 7.72. The fraction of sp³-hybridized carbons (Fsp3) is 0.333. The van der Waals surface area contributed by atoms with Gasteiger partial charge >= 0.3 is 0 Å². The van der Waals surface area contributed by atoms with Gasteiger partial charge in [0.05, 0.1) is 23.1 Å². The number of aryl methyl sites for hydroxylation is 1. The van der Waals surface area contributed by atoms with Crippen LogP contribution in [0.1, 0.15) is 6.42 Å². The number of fused-ring (bicyclic) bond motifs is 3. The number of imidazole rings is 1. The molecular formula is C15H19N5O2S. The van der Waals surface area contributed by atoms with Gasteiger partial charge in [0.15, 0.2) is 5.82 Å². The van der Waals surface area contributed by atoms with Crippen LogP contribution < -0.4 is 5.73 Å². The Balaban J connectivity index is 1.96. The lowest BCUT2D eigenvalue weighted by Crippen LogP contribution is -2.25. The number of para-hydroxylation sites is 1. The third-order valence-electron chi connectivity index (χ3n) is 3.84. The van der Waals surface area contributed by atoms with Gasteiger partial charge in [-0.2, -0.15) is 0 Å². The van der Waals surface area contributed by atoms with Crippen molar-refractivity contribution in [1.29, 1.82) is 0 Å². The quantitative estimate of drug-likeness (QED) is 0.762. The molecule has 0 atom stereocenters. The van der Waals surface area contributed by atoms with Crippen LogP contribution in [-0.4, -0.2) is 47.1 Å².